The summed E-state index contributed by atoms with van der Waals surface area (Å²) in [5.74, 6) is -2.68. The quantitative estimate of drug-likeness (QED) is 0.495. The number of rotatable bonds is 3. The van der Waals surface area contributed by atoms with Gasteiger partial charge in [0.05, 0.1) is 18.2 Å². The van der Waals surface area contributed by atoms with Gasteiger partial charge in [-0.1, -0.05) is 0 Å². The maximum absolute atomic E-state index is 12.9. The van der Waals surface area contributed by atoms with Crippen LogP contribution in [0, 0.1) is 0 Å². The molecule has 3 heterocycles. The van der Waals surface area contributed by atoms with Crippen molar-refractivity contribution in [2.75, 3.05) is 18.6 Å². The highest BCUT2D eigenvalue weighted by molar-refractivity contribution is 6.23. The predicted molar refractivity (Wildman–Crippen MR) is 98.9 cm³/mol. The maximum Gasteiger partial charge on any atom is 0.328 e. The summed E-state index contributed by atoms with van der Waals surface area (Å²) in [4.78, 5) is 64.0. The van der Waals surface area contributed by atoms with Crippen LogP contribution in [0.25, 0.3) is 0 Å². The molecule has 0 bridgehead atoms. The number of fused-ring (bicyclic) bond motifs is 1. The molecular weight excluding hydrogens is 380 g/mol. The van der Waals surface area contributed by atoms with Crippen molar-refractivity contribution in [1.29, 1.82) is 0 Å². The average molecular weight is 400 g/mol. The summed E-state index contributed by atoms with van der Waals surface area (Å²) in [7, 11) is 1.30. The van der Waals surface area contributed by atoms with E-state index in [1.165, 1.54) is 19.2 Å². The molecule has 3 atom stereocenters. The van der Waals surface area contributed by atoms with Gasteiger partial charge in [0, 0.05) is 24.7 Å². The molecule has 29 heavy (non-hydrogen) atoms. The van der Waals surface area contributed by atoms with Crippen molar-refractivity contribution in [3.8, 4) is 0 Å². The first-order chi connectivity index (χ1) is 13.8. The van der Waals surface area contributed by atoms with Crippen LogP contribution in [0.3, 0.4) is 0 Å². The molecule has 0 aromatic heterocycles. The molecule has 2 fully saturated rings. The zero-order valence-corrected chi connectivity index (χ0v) is 15.7. The Morgan fingerprint density at radius 3 is 2.59 bits per heavy atom. The standard InChI is InChI=1S/C19H20N4O6/c1-29-19(28)14-6-9(20)8-22(14)10-2-3-11-12(7-10)18(27)23(17(11)26)13-4-5-15(24)21-16(13)25/h2-3,7,9,13-14H,4-6,8,20H2,1H3,(H,21,24,25). The summed E-state index contributed by atoms with van der Waals surface area (Å²) >= 11 is 0. The molecule has 3 unspecified atom stereocenters. The number of amides is 4. The topological polar surface area (TPSA) is 139 Å². The molecule has 10 nitrogen and oxygen atoms in total. The normalized spacial score (nSPS) is 26.6. The van der Waals surface area contributed by atoms with Crippen LogP contribution in [0.4, 0.5) is 5.69 Å². The minimum Gasteiger partial charge on any atom is -0.467 e. The van der Waals surface area contributed by atoms with Crippen molar-refractivity contribution in [3.63, 3.8) is 0 Å². The molecule has 1 aromatic rings. The number of hydrogen-bond acceptors (Lipinski definition) is 8. The smallest absolute Gasteiger partial charge is 0.328 e. The number of piperidine rings is 1. The predicted octanol–water partition coefficient (Wildman–Crippen LogP) is -0.833. The number of nitrogens with two attached hydrogens (primary N) is 1. The van der Waals surface area contributed by atoms with Crippen molar-refractivity contribution < 1.29 is 28.7 Å². The molecule has 10 heteroatoms. The molecule has 0 saturated carbocycles. The van der Waals surface area contributed by atoms with Gasteiger partial charge in [-0.2, -0.15) is 0 Å². The Labute approximate surface area is 165 Å². The van der Waals surface area contributed by atoms with Gasteiger partial charge in [-0.15, -0.1) is 0 Å². The first kappa shape index (κ1) is 19.1. The first-order valence-corrected chi connectivity index (χ1v) is 9.27. The van der Waals surface area contributed by atoms with E-state index in [2.05, 4.69) is 5.32 Å². The molecule has 1 aromatic carbocycles. The van der Waals surface area contributed by atoms with Crippen LogP contribution in [0.1, 0.15) is 40.0 Å². The lowest BCUT2D eigenvalue weighted by atomic mass is 10.0. The highest BCUT2D eigenvalue weighted by atomic mass is 16.5. The Bertz CT molecular complexity index is 945. The molecule has 152 valence electrons. The second kappa shape index (κ2) is 6.96. The largest absolute Gasteiger partial charge is 0.467 e. The van der Waals surface area contributed by atoms with Gasteiger partial charge in [0.2, 0.25) is 11.8 Å². The van der Waals surface area contributed by atoms with E-state index in [1.807, 2.05) is 0 Å². The van der Waals surface area contributed by atoms with Crippen molar-refractivity contribution in [3.05, 3.63) is 29.3 Å². The van der Waals surface area contributed by atoms with Gasteiger partial charge >= 0.3 is 5.97 Å². The molecule has 2 saturated heterocycles. The fourth-order valence-electron chi connectivity index (χ4n) is 4.15. The molecule has 4 rings (SSSR count). The van der Waals surface area contributed by atoms with Crippen LogP contribution < -0.4 is 16.0 Å². The van der Waals surface area contributed by atoms with Crippen LogP contribution in [0.15, 0.2) is 18.2 Å². The number of nitrogens with zero attached hydrogens (tertiary/aromatic N) is 2. The van der Waals surface area contributed by atoms with Crippen LogP contribution in [0.2, 0.25) is 0 Å². The molecule has 0 aliphatic carbocycles. The lowest BCUT2D eigenvalue weighted by molar-refractivity contribution is -0.142. The minimum atomic E-state index is -1.02. The van der Waals surface area contributed by atoms with E-state index in [-0.39, 0.29) is 30.0 Å². The second-order valence-electron chi connectivity index (χ2n) is 7.36. The summed E-state index contributed by atoms with van der Waals surface area (Å²) in [6.07, 6.45) is 0.564. The van der Waals surface area contributed by atoms with E-state index in [0.717, 1.165) is 4.90 Å². The zero-order valence-electron chi connectivity index (χ0n) is 15.7. The Kier molecular flexibility index (Phi) is 4.58. The third-order valence-electron chi connectivity index (χ3n) is 5.56. The lowest BCUT2D eigenvalue weighted by Gasteiger charge is -2.27. The second-order valence-corrected chi connectivity index (χ2v) is 7.36. The number of ether oxygens (including phenoxy) is 1. The molecule has 3 aliphatic rings. The van der Waals surface area contributed by atoms with Gasteiger partial charge in [0.15, 0.2) is 0 Å². The van der Waals surface area contributed by atoms with E-state index in [4.69, 9.17) is 10.5 Å². The third kappa shape index (κ3) is 3.05. The first-order valence-electron chi connectivity index (χ1n) is 9.27. The zero-order chi connectivity index (χ0) is 20.9. The summed E-state index contributed by atoms with van der Waals surface area (Å²) in [6, 6.07) is 2.86. The summed E-state index contributed by atoms with van der Waals surface area (Å²) in [5, 5.41) is 2.16. The summed E-state index contributed by atoms with van der Waals surface area (Å²) in [5.41, 5.74) is 6.91. The van der Waals surface area contributed by atoms with Crippen molar-refractivity contribution in [2.24, 2.45) is 5.73 Å². The molecule has 4 amide bonds. The van der Waals surface area contributed by atoms with Crippen LogP contribution in [-0.2, 0) is 19.1 Å². The van der Waals surface area contributed by atoms with Gasteiger partial charge in [-0.3, -0.25) is 29.4 Å². The molecule has 3 N–H and O–H groups in total. The van der Waals surface area contributed by atoms with E-state index < -0.39 is 41.7 Å². The average Bonchev–Trinajstić information content (AvgIpc) is 3.20. The molecular formula is C19H20N4O6. The fourth-order valence-corrected chi connectivity index (χ4v) is 4.15. The number of imide groups is 2. The van der Waals surface area contributed by atoms with E-state index in [1.54, 1.807) is 11.0 Å². The number of anilines is 1. The number of methoxy groups -OCH3 is 1. The van der Waals surface area contributed by atoms with Crippen LogP contribution >= 0.6 is 0 Å². The van der Waals surface area contributed by atoms with Gasteiger partial charge in [0.25, 0.3) is 11.8 Å². The number of nitrogens with one attached hydrogen (secondary N) is 1. The SMILES string of the molecule is COC(=O)C1CC(N)CN1c1ccc2c(c1)C(=O)N(C1CCC(=O)NC1=O)C2=O. The van der Waals surface area contributed by atoms with E-state index in [0.29, 0.717) is 18.7 Å². The van der Waals surface area contributed by atoms with Crippen LogP contribution in [0.5, 0.6) is 0 Å². The Morgan fingerprint density at radius 2 is 1.90 bits per heavy atom. The highest BCUT2D eigenvalue weighted by Gasteiger charge is 2.45. The van der Waals surface area contributed by atoms with E-state index >= 15 is 0 Å². The van der Waals surface area contributed by atoms with Gasteiger partial charge in [-0.25, -0.2) is 4.79 Å². The van der Waals surface area contributed by atoms with Crippen LogP contribution in [-0.4, -0.2) is 66.3 Å². The number of hydrogen-bond donors (Lipinski definition) is 2. The minimum absolute atomic E-state index is 0.0571. The number of benzene rings is 1. The molecule has 3 aliphatic heterocycles. The maximum atomic E-state index is 12.9. The Hall–Kier alpha value is -3.27. The van der Waals surface area contributed by atoms with E-state index in [9.17, 15) is 24.0 Å². The fraction of sp³-hybridized carbons (Fsp3) is 0.421. The Balaban J connectivity index is 1.64. The monoisotopic (exact) mass is 400 g/mol. The third-order valence-corrected chi connectivity index (χ3v) is 5.56. The van der Waals surface area contributed by atoms with Crippen molar-refractivity contribution >= 4 is 35.3 Å². The Morgan fingerprint density at radius 1 is 1.17 bits per heavy atom. The summed E-state index contributed by atoms with van der Waals surface area (Å²) in [6.45, 7) is 0.400. The van der Waals surface area contributed by atoms with Crippen molar-refractivity contribution in [1.82, 2.24) is 10.2 Å². The van der Waals surface area contributed by atoms with Gasteiger partial charge in [0.1, 0.15) is 12.1 Å². The lowest BCUT2D eigenvalue weighted by Crippen LogP contribution is -2.54. The highest BCUT2D eigenvalue weighted by Crippen LogP contribution is 2.33. The van der Waals surface area contributed by atoms with Gasteiger partial charge in [-0.05, 0) is 31.0 Å². The van der Waals surface area contributed by atoms with Gasteiger partial charge < -0.3 is 15.4 Å². The van der Waals surface area contributed by atoms with Crippen molar-refractivity contribution in [2.45, 2.75) is 37.4 Å². The number of carbonyl (C=O) groups excluding carboxylic acids is 5. The number of carbonyl (C=O) groups is 5. The number of esters is 1. The molecule has 0 radical (unpaired) electrons. The summed E-state index contributed by atoms with van der Waals surface area (Å²) < 4.78 is 4.84. The molecule has 0 spiro atoms.